The summed E-state index contributed by atoms with van der Waals surface area (Å²) < 4.78 is 9.94. The number of nitrogens with zero attached hydrogens (tertiary/aromatic N) is 5. The summed E-state index contributed by atoms with van der Waals surface area (Å²) in [7, 11) is 0. The summed E-state index contributed by atoms with van der Waals surface area (Å²) >= 11 is 1.40. The standard InChI is InChI=1S/C21H28N6O2S/c1-14-15(2)27(12-16-7-6-10-29-16)20(17(14)11-22)23-19(28)13-30-21-25-24-18-8-4-3-5-9-26(18)21/h16H,3-10,12-13H2,1-2H3,(H,23,28)/t16-/m1/s1. The summed E-state index contributed by atoms with van der Waals surface area (Å²) in [5, 5.41) is 22.0. The third-order valence-electron chi connectivity index (χ3n) is 6.02. The first-order chi connectivity index (χ1) is 14.6. The fourth-order valence-electron chi connectivity index (χ4n) is 4.21. The van der Waals surface area contributed by atoms with E-state index in [9.17, 15) is 10.1 Å². The van der Waals surface area contributed by atoms with Gasteiger partial charge in [0.05, 0.1) is 24.0 Å². The summed E-state index contributed by atoms with van der Waals surface area (Å²) in [4.78, 5) is 12.8. The largest absolute Gasteiger partial charge is 0.376 e. The van der Waals surface area contributed by atoms with Crippen LogP contribution in [0.2, 0.25) is 0 Å². The number of fused-ring (bicyclic) bond motifs is 1. The van der Waals surface area contributed by atoms with Gasteiger partial charge in [-0.2, -0.15) is 5.26 Å². The van der Waals surface area contributed by atoms with E-state index < -0.39 is 0 Å². The van der Waals surface area contributed by atoms with Gasteiger partial charge in [0.1, 0.15) is 17.7 Å². The van der Waals surface area contributed by atoms with Crippen LogP contribution in [0.3, 0.4) is 0 Å². The van der Waals surface area contributed by atoms with Crippen molar-refractivity contribution >= 4 is 23.5 Å². The Hall–Kier alpha value is -2.31. The van der Waals surface area contributed by atoms with Gasteiger partial charge in [-0.15, -0.1) is 10.2 Å². The molecule has 2 aliphatic rings. The normalized spacial score (nSPS) is 18.6. The lowest BCUT2D eigenvalue weighted by atomic mass is 10.2. The molecule has 0 saturated carbocycles. The number of rotatable bonds is 6. The number of thioether (sulfide) groups is 1. The molecule has 8 nitrogen and oxygen atoms in total. The summed E-state index contributed by atoms with van der Waals surface area (Å²) in [6.07, 6.45) is 6.58. The Morgan fingerprint density at radius 3 is 2.93 bits per heavy atom. The van der Waals surface area contributed by atoms with Crippen LogP contribution in [-0.4, -0.2) is 43.7 Å². The van der Waals surface area contributed by atoms with Gasteiger partial charge in [0.2, 0.25) is 5.91 Å². The minimum Gasteiger partial charge on any atom is -0.376 e. The van der Waals surface area contributed by atoms with Crippen LogP contribution in [0.15, 0.2) is 5.16 Å². The van der Waals surface area contributed by atoms with Gasteiger partial charge in [-0.3, -0.25) is 4.79 Å². The van der Waals surface area contributed by atoms with E-state index in [2.05, 4.69) is 26.2 Å². The molecule has 160 valence electrons. The molecule has 1 N–H and O–H groups in total. The van der Waals surface area contributed by atoms with E-state index in [1.807, 2.05) is 18.4 Å². The Morgan fingerprint density at radius 1 is 1.30 bits per heavy atom. The van der Waals surface area contributed by atoms with Gasteiger partial charge >= 0.3 is 0 Å². The molecule has 0 spiro atoms. The number of carbonyl (C=O) groups excluding carboxylic acids is 1. The highest BCUT2D eigenvalue weighted by atomic mass is 32.2. The van der Waals surface area contributed by atoms with Gasteiger partial charge in [-0.1, -0.05) is 18.2 Å². The molecule has 0 radical (unpaired) electrons. The molecule has 1 saturated heterocycles. The van der Waals surface area contributed by atoms with Crippen molar-refractivity contribution < 1.29 is 9.53 Å². The molecule has 0 bridgehead atoms. The highest BCUT2D eigenvalue weighted by Gasteiger charge is 2.24. The van der Waals surface area contributed by atoms with E-state index in [0.29, 0.717) is 17.9 Å². The molecule has 30 heavy (non-hydrogen) atoms. The molecule has 2 aromatic rings. The first-order valence-corrected chi connectivity index (χ1v) is 11.6. The lowest BCUT2D eigenvalue weighted by Crippen LogP contribution is -2.22. The van der Waals surface area contributed by atoms with Gasteiger partial charge in [0, 0.05) is 25.3 Å². The van der Waals surface area contributed by atoms with Gasteiger partial charge in [-0.25, -0.2) is 0 Å². The van der Waals surface area contributed by atoms with E-state index in [1.54, 1.807) is 0 Å². The predicted octanol–water partition coefficient (Wildman–Crippen LogP) is 3.20. The van der Waals surface area contributed by atoms with Crippen LogP contribution in [0.4, 0.5) is 5.82 Å². The lowest BCUT2D eigenvalue weighted by Gasteiger charge is -2.16. The average molecular weight is 429 g/mol. The van der Waals surface area contributed by atoms with Crippen LogP contribution in [0.25, 0.3) is 0 Å². The maximum atomic E-state index is 12.8. The molecule has 2 aliphatic heterocycles. The fourth-order valence-corrected chi connectivity index (χ4v) is 5.00. The van der Waals surface area contributed by atoms with E-state index in [0.717, 1.165) is 67.5 Å². The summed E-state index contributed by atoms with van der Waals surface area (Å²) in [6.45, 7) is 6.25. The van der Waals surface area contributed by atoms with Gasteiger partial charge in [-0.05, 0) is 45.1 Å². The molecule has 4 rings (SSSR count). The Bertz CT molecular complexity index is 967. The second-order valence-corrected chi connectivity index (χ2v) is 8.93. The first-order valence-electron chi connectivity index (χ1n) is 10.6. The van der Waals surface area contributed by atoms with Crippen molar-refractivity contribution in [3.63, 3.8) is 0 Å². The number of ether oxygens (including phenoxy) is 1. The Labute approximate surface area is 181 Å². The Morgan fingerprint density at radius 2 is 2.17 bits per heavy atom. The number of anilines is 1. The Kier molecular flexibility index (Phi) is 6.44. The highest BCUT2D eigenvalue weighted by Crippen LogP contribution is 2.29. The molecule has 2 aromatic heterocycles. The van der Waals surface area contributed by atoms with Crippen LogP contribution >= 0.6 is 11.8 Å². The highest BCUT2D eigenvalue weighted by molar-refractivity contribution is 7.99. The molecule has 1 amide bonds. The van der Waals surface area contributed by atoms with Crippen molar-refractivity contribution in [3.8, 4) is 6.07 Å². The molecule has 0 aliphatic carbocycles. The van der Waals surface area contributed by atoms with Crippen LogP contribution < -0.4 is 5.32 Å². The summed E-state index contributed by atoms with van der Waals surface area (Å²) in [6, 6.07) is 2.26. The van der Waals surface area contributed by atoms with Gasteiger partial charge < -0.3 is 19.2 Å². The number of carbonyl (C=O) groups is 1. The number of hydrogen-bond acceptors (Lipinski definition) is 6. The third-order valence-corrected chi connectivity index (χ3v) is 6.98. The van der Waals surface area contributed by atoms with E-state index in [1.165, 1.54) is 18.2 Å². The molecule has 1 atom stereocenters. The molecule has 9 heteroatoms. The van der Waals surface area contributed by atoms with Crippen LogP contribution in [0.5, 0.6) is 0 Å². The third kappa shape index (κ3) is 4.25. The number of nitriles is 1. The number of nitrogens with one attached hydrogen (secondary N) is 1. The number of hydrogen-bond donors (Lipinski definition) is 1. The smallest absolute Gasteiger partial charge is 0.235 e. The van der Waals surface area contributed by atoms with Crippen LogP contribution in [0, 0.1) is 25.2 Å². The van der Waals surface area contributed by atoms with Crippen LogP contribution in [-0.2, 0) is 29.0 Å². The van der Waals surface area contributed by atoms with Crippen molar-refractivity contribution in [2.45, 2.75) is 76.7 Å². The summed E-state index contributed by atoms with van der Waals surface area (Å²) in [5.41, 5.74) is 2.43. The molecule has 0 aromatic carbocycles. The molecular formula is C21H28N6O2S. The van der Waals surface area contributed by atoms with Gasteiger partial charge in [0.15, 0.2) is 5.16 Å². The Balaban J connectivity index is 1.47. The zero-order chi connectivity index (χ0) is 21.1. The number of aromatic nitrogens is 4. The van der Waals surface area contributed by atoms with Gasteiger partial charge in [0.25, 0.3) is 0 Å². The second kappa shape index (κ2) is 9.23. The average Bonchev–Trinajstić information content (AvgIpc) is 3.39. The zero-order valence-corrected chi connectivity index (χ0v) is 18.4. The molecule has 1 fully saturated rings. The van der Waals surface area contributed by atoms with Crippen molar-refractivity contribution in [2.75, 3.05) is 17.7 Å². The van der Waals surface area contributed by atoms with E-state index in [-0.39, 0.29) is 17.8 Å². The monoisotopic (exact) mass is 428 g/mol. The first kappa shape index (κ1) is 20.9. The summed E-state index contributed by atoms with van der Waals surface area (Å²) in [5.74, 6) is 1.67. The van der Waals surface area contributed by atoms with Crippen LogP contribution in [0.1, 0.15) is 54.7 Å². The van der Waals surface area contributed by atoms with E-state index >= 15 is 0 Å². The van der Waals surface area contributed by atoms with E-state index in [4.69, 9.17) is 4.74 Å². The van der Waals surface area contributed by atoms with Crippen molar-refractivity contribution in [2.24, 2.45) is 0 Å². The second-order valence-electron chi connectivity index (χ2n) is 7.99. The fraction of sp³-hybridized carbons (Fsp3) is 0.619. The maximum Gasteiger partial charge on any atom is 0.235 e. The minimum atomic E-state index is -0.145. The molecular weight excluding hydrogens is 400 g/mol. The number of amides is 1. The SMILES string of the molecule is Cc1c(C#N)c(NC(=O)CSc2nnc3n2CCCCC3)n(C[C@H]2CCCO2)c1C. The predicted molar refractivity (Wildman–Crippen MR) is 115 cm³/mol. The van der Waals surface area contributed by atoms with Crippen molar-refractivity contribution in [3.05, 3.63) is 22.6 Å². The lowest BCUT2D eigenvalue weighted by molar-refractivity contribution is -0.113. The number of aryl methyl sites for hydroxylation is 1. The quantitative estimate of drug-likeness (QED) is 0.710. The maximum absolute atomic E-state index is 12.8. The zero-order valence-electron chi connectivity index (χ0n) is 17.6. The van der Waals surface area contributed by atoms with Crippen molar-refractivity contribution in [1.29, 1.82) is 5.26 Å². The molecule has 0 unspecified atom stereocenters. The minimum absolute atomic E-state index is 0.124. The van der Waals surface area contributed by atoms with Crippen molar-refractivity contribution in [1.82, 2.24) is 19.3 Å². The topological polar surface area (TPSA) is 97.8 Å². The molecule has 4 heterocycles.